The van der Waals surface area contributed by atoms with Gasteiger partial charge in [0.1, 0.15) is 5.75 Å². The molecule has 2 amide bonds. The molecule has 1 spiro atoms. The van der Waals surface area contributed by atoms with Gasteiger partial charge in [-0.3, -0.25) is 14.5 Å². The zero-order valence-electron chi connectivity index (χ0n) is 23.2. The molecule has 4 aliphatic rings. The summed E-state index contributed by atoms with van der Waals surface area (Å²) in [5.74, 6) is 2.52. The predicted molar refractivity (Wildman–Crippen MR) is 146 cm³/mol. The van der Waals surface area contributed by atoms with Gasteiger partial charge < -0.3 is 19.4 Å². The molecule has 204 valence electrons. The molecule has 0 radical (unpaired) electrons. The summed E-state index contributed by atoms with van der Waals surface area (Å²) in [7, 11) is 4.19. The normalized spacial score (nSPS) is 26.8. The maximum absolute atomic E-state index is 13.7. The molecular weight excluding hydrogens is 464 g/mol. The van der Waals surface area contributed by atoms with Crippen molar-refractivity contribution in [3.05, 3.63) is 29.3 Å². The van der Waals surface area contributed by atoms with E-state index in [2.05, 4.69) is 58.8 Å². The van der Waals surface area contributed by atoms with Gasteiger partial charge in [-0.25, -0.2) is 0 Å². The molecule has 0 aromatic heterocycles. The predicted octanol–water partition coefficient (Wildman–Crippen LogP) is 3.37. The summed E-state index contributed by atoms with van der Waals surface area (Å²) in [6, 6.07) is 6.73. The van der Waals surface area contributed by atoms with E-state index >= 15 is 0 Å². The second kappa shape index (κ2) is 11.3. The van der Waals surface area contributed by atoms with Gasteiger partial charge in [0.25, 0.3) is 0 Å². The molecule has 1 aromatic rings. The fraction of sp³-hybridized carbons (Fsp3) is 0.733. The molecule has 1 aromatic carbocycles. The first-order valence-electron chi connectivity index (χ1n) is 14.6. The number of carbonyl (C=O) groups excluding carboxylic acids is 2. The summed E-state index contributed by atoms with van der Waals surface area (Å²) in [5, 5.41) is 0. The minimum Gasteiger partial charge on any atom is -0.493 e. The highest BCUT2D eigenvalue weighted by Crippen LogP contribution is 2.59. The molecule has 3 heterocycles. The zero-order chi connectivity index (χ0) is 26.0. The topological polar surface area (TPSA) is 56.3 Å². The largest absolute Gasteiger partial charge is 0.493 e. The lowest BCUT2D eigenvalue weighted by Crippen LogP contribution is -2.45. The highest BCUT2D eigenvalue weighted by Gasteiger charge is 2.63. The maximum Gasteiger partial charge on any atom is 0.236 e. The first kappa shape index (κ1) is 26.5. The maximum atomic E-state index is 13.7. The zero-order valence-corrected chi connectivity index (χ0v) is 23.2. The molecule has 0 N–H and O–H groups in total. The van der Waals surface area contributed by atoms with Crippen LogP contribution in [0.25, 0.3) is 0 Å². The van der Waals surface area contributed by atoms with E-state index in [-0.39, 0.29) is 11.4 Å². The monoisotopic (exact) mass is 510 g/mol. The average Bonchev–Trinajstić information content (AvgIpc) is 3.20. The number of amides is 2. The van der Waals surface area contributed by atoms with Gasteiger partial charge in [0.15, 0.2) is 0 Å². The molecule has 1 saturated carbocycles. The van der Waals surface area contributed by atoms with Crippen molar-refractivity contribution in [1.82, 2.24) is 19.6 Å². The van der Waals surface area contributed by atoms with Gasteiger partial charge in [-0.1, -0.05) is 25.5 Å². The van der Waals surface area contributed by atoms with Crippen molar-refractivity contribution in [2.45, 2.75) is 69.7 Å². The second-order valence-corrected chi connectivity index (χ2v) is 12.1. The van der Waals surface area contributed by atoms with Gasteiger partial charge in [-0.15, -0.1) is 0 Å². The molecule has 37 heavy (non-hydrogen) atoms. The Morgan fingerprint density at radius 2 is 1.97 bits per heavy atom. The summed E-state index contributed by atoms with van der Waals surface area (Å²) in [6.07, 6.45) is 8.02. The van der Waals surface area contributed by atoms with Crippen LogP contribution in [0.5, 0.6) is 5.75 Å². The lowest BCUT2D eigenvalue weighted by Gasteiger charge is -2.30. The second-order valence-electron chi connectivity index (χ2n) is 12.1. The molecule has 3 aliphatic heterocycles. The van der Waals surface area contributed by atoms with Gasteiger partial charge in [0.2, 0.25) is 11.8 Å². The van der Waals surface area contributed by atoms with Crippen molar-refractivity contribution in [1.29, 1.82) is 0 Å². The van der Waals surface area contributed by atoms with Crippen molar-refractivity contribution >= 4 is 11.8 Å². The number of carbonyl (C=O) groups is 2. The van der Waals surface area contributed by atoms with E-state index in [0.29, 0.717) is 30.7 Å². The van der Waals surface area contributed by atoms with Gasteiger partial charge in [-0.05, 0) is 81.8 Å². The number of unbranched alkanes of at least 4 members (excludes halogenated alkanes) is 1. The molecule has 0 bridgehead atoms. The van der Waals surface area contributed by atoms with Crippen molar-refractivity contribution in [2.75, 3.05) is 66.5 Å². The Kier molecular flexibility index (Phi) is 8.10. The lowest BCUT2D eigenvalue weighted by atomic mass is 9.93. The van der Waals surface area contributed by atoms with E-state index in [1.807, 2.05) is 0 Å². The van der Waals surface area contributed by atoms with Crippen LogP contribution in [-0.4, -0.2) is 103 Å². The van der Waals surface area contributed by atoms with Crippen LogP contribution >= 0.6 is 0 Å². The summed E-state index contributed by atoms with van der Waals surface area (Å²) in [4.78, 5) is 35.0. The highest BCUT2D eigenvalue weighted by atomic mass is 16.5. The Labute approximate surface area is 223 Å². The third kappa shape index (κ3) is 5.83. The van der Waals surface area contributed by atoms with E-state index in [0.717, 1.165) is 96.6 Å². The Morgan fingerprint density at radius 3 is 2.73 bits per heavy atom. The van der Waals surface area contributed by atoms with Crippen LogP contribution in [0.3, 0.4) is 0 Å². The molecular formula is C30H46N4O3. The molecule has 1 aliphatic carbocycles. The Morgan fingerprint density at radius 1 is 1.14 bits per heavy atom. The van der Waals surface area contributed by atoms with Crippen LogP contribution in [0, 0.1) is 5.92 Å². The van der Waals surface area contributed by atoms with Gasteiger partial charge >= 0.3 is 0 Å². The Balaban J connectivity index is 1.30. The van der Waals surface area contributed by atoms with Crippen LogP contribution in [0.1, 0.15) is 68.9 Å². The van der Waals surface area contributed by atoms with E-state index in [1.54, 1.807) is 0 Å². The summed E-state index contributed by atoms with van der Waals surface area (Å²) < 4.78 is 5.75. The third-order valence-corrected chi connectivity index (χ3v) is 9.16. The Hall–Kier alpha value is -2.12. The molecule has 2 unspecified atom stereocenters. The minimum atomic E-state index is 0.0543. The smallest absolute Gasteiger partial charge is 0.236 e. The number of likely N-dealkylation sites (tertiary alicyclic amines) is 2. The first-order valence-corrected chi connectivity index (χ1v) is 14.6. The van der Waals surface area contributed by atoms with Gasteiger partial charge in [0.05, 0.1) is 13.2 Å². The SMILES string of the molecule is CCCCN(CCCN(C)C)C(=O)CN1C[C@H](c2ccc3c(c2)CCO3)CC12CC2CN1CCCC1=O. The van der Waals surface area contributed by atoms with Gasteiger partial charge in [-0.2, -0.15) is 0 Å². The van der Waals surface area contributed by atoms with E-state index in [1.165, 1.54) is 11.1 Å². The van der Waals surface area contributed by atoms with Gasteiger partial charge in [0, 0.05) is 51.1 Å². The lowest BCUT2D eigenvalue weighted by molar-refractivity contribution is -0.133. The van der Waals surface area contributed by atoms with Crippen LogP contribution in [0.4, 0.5) is 0 Å². The third-order valence-electron chi connectivity index (χ3n) is 9.16. The standard InChI is InChI=1S/C30H46N4O3/c1-4-5-13-32(15-7-12-31(2)3)29(36)22-34-20-25(23-9-10-27-24(17-23)11-16-37-27)18-30(34)19-26(30)21-33-14-6-8-28(33)35/h9-10,17,25-26H,4-8,11-16,18-22H2,1-3H3/t25-,26?,30?/m1/s1. The molecule has 3 fully saturated rings. The fourth-order valence-corrected chi connectivity index (χ4v) is 6.93. The summed E-state index contributed by atoms with van der Waals surface area (Å²) >= 11 is 0. The molecule has 7 heteroatoms. The van der Waals surface area contributed by atoms with Crippen molar-refractivity contribution in [3.63, 3.8) is 0 Å². The number of fused-ring (bicyclic) bond motifs is 1. The van der Waals surface area contributed by atoms with E-state index < -0.39 is 0 Å². The van der Waals surface area contributed by atoms with Crippen LogP contribution < -0.4 is 4.74 Å². The van der Waals surface area contributed by atoms with Crippen molar-refractivity contribution < 1.29 is 14.3 Å². The summed E-state index contributed by atoms with van der Waals surface area (Å²) in [5.41, 5.74) is 2.76. The molecule has 2 saturated heterocycles. The number of benzene rings is 1. The number of rotatable bonds is 12. The highest BCUT2D eigenvalue weighted by molar-refractivity contribution is 5.79. The fourth-order valence-electron chi connectivity index (χ4n) is 6.93. The molecule has 3 atom stereocenters. The van der Waals surface area contributed by atoms with Crippen LogP contribution in [0.15, 0.2) is 18.2 Å². The van der Waals surface area contributed by atoms with Crippen molar-refractivity contribution in [3.8, 4) is 5.75 Å². The van der Waals surface area contributed by atoms with Crippen LogP contribution in [0.2, 0.25) is 0 Å². The van der Waals surface area contributed by atoms with Crippen LogP contribution in [-0.2, 0) is 16.0 Å². The number of ether oxygens (including phenoxy) is 1. The first-order chi connectivity index (χ1) is 17.9. The minimum absolute atomic E-state index is 0.0543. The van der Waals surface area contributed by atoms with E-state index in [9.17, 15) is 9.59 Å². The number of hydrogen-bond acceptors (Lipinski definition) is 5. The molecule has 7 nitrogen and oxygen atoms in total. The number of hydrogen-bond donors (Lipinski definition) is 0. The number of nitrogens with zero attached hydrogens (tertiary/aromatic N) is 4. The quantitative estimate of drug-likeness (QED) is 0.432. The average molecular weight is 511 g/mol. The van der Waals surface area contributed by atoms with E-state index in [4.69, 9.17) is 4.74 Å². The summed E-state index contributed by atoms with van der Waals surface area (Å²) in [6.45, 7) is 8.84. The van der Waals surface area contributed by atoms with Crippen molar-refractivity contribution in [2.24, 2.45) is 5.92 Å². The molecule has 5 rings (SSSR count). The Bertz CT molecular complexity index is 982.